The first-order valence-electron chi connectivity index (χ1n) is 4.37. The largest absolute Gasteiger partial charge is 0.240 e. The minimum absolute atomic E-state index is 0.778. The number of benzene rings is 1. The smallest absolute Gasteiger partial charge is 0.125 e. The molecular formula is C11H10ClNS. The topological polar surface area (TPSA) is 12.9 Å². The van der Waals surface area contributed by atoms with E-state index in [0.717, 1.165) is 20.6 Å². The number of nitrogens with zero attached hydrogens (tertiary/aromatic N) is 1. The van der Waals surface area contributed by atoms with E-state index in [1.54, 1.807) is 0 Å². The molecule has 0 radical (unpaired) electrons. The van der Waals surface area contributed by atoms with E-state index in [9.17, 15) is 0 Å². The Balaban J connectivity index is 2.44. The van der Waals surface area contributed by atoms with Gasteiger partial charge in [-0.3, -0.25) is 0 Å². The Morgan fingerprint density at radius 1 is 1.14 bits per heavy atom. The summed E-state index contributed by atoms with van der Waals surface area (Å²) in [6, 6.07) is 8.31. The highest BCUT2D eigenvalue weighted by atomic mass is 35.5. The van der Waals surface area contributed by atoms with Gasteiger partial charge in [0.15, 0.2) is 0 Å². The predicted octanol–water partition coefficient (Wildman–Crippen LogP) is 4.08. The maximum absolute atomic E-state index is 5.97. The summed E-state index contributed by atoms with van der Waals surface area (Å²) in [7, 11) is 0. The van der Waals surface area contributed by atoms with Crippen molar-refractivity contribution >= 4 is 22.9 Å². The molecule has 1 aromatic carbocycles. The summed E-state index contributed by atoms with van der Waals surface area (Å²) < 4.78 is 0.778. The molecule has 72 valence electrons. The highest BCUT2D eigenvalue weighted by Gasteiger charge is 2.06. The van der Waals surface area contributed by atoms with Gasteiger partial charge in [0.1, 0.15) is 9.34 Å². The number of aromatic nitrogens is 1. The molecular weight excluding hydrogens is 214 g/mol. The van der Waals surface area contributed by atoms with Crippen molar-refractivity contribution in [2.75, 3.05) is 0 Å². The van der Waals surface area contributed by atoms with Gasteiger partial charge in [-0.2, -0.15) is 0 Å². The average Bonchev–Trinajstić information content (AvgIpc) is 2.48. The van der Waals surface area contributed by atoms with Crippen molar-refractivity contribution in [1.29, 1.82) is 0 Å². The number of hydrogen-bond donors (Lipinski definition) is 0. The summed E-state index contributed by atoms with van der Waals surface area (Å²) in [6.07, 6.45) is 0. The van der Waals surface area contributed by atoms with Gasteiger partial charge in [-0.15, -0.1) is 11.3 Å². The maximum Gasteiger partial charge on any atom is 0.125 e. The number of aryl methyl sites for hydroxylation is 2. The minimum atomic E-state index is 0.778. The lowest BCUT2D eigenvalue weighted by molar-refractivity contribution is 1.27. The van der Waals surface area contributed by atoms with E-state index in [1.165, 1.54) is 16.9 Å². The normalized spacial score (nSPS) is 10.5. The van der Waals surface area contributed by atoms with Crippen LogP contribution in [0.15, 0.2) is 24.3 Å². The van der Waals surface area contributed by atoms with Crippen LogP contribution in [-0.2, 0) is 0 Å². The zero-order valence-electron chi connectivity index (χ0n) is 8.04. The van der Waals surface area contributed by atoms with Crippen molar-refractivity contribution in [2.24, 2.45) is 0 Å². The molecule has 1 aromatic heterocycles. The zero-order chi connectivity index (χ0) is 10.1. The van der Waals surface area contributed by atoms with E-state index in [0.29, 0.717) is 0 Å². The first kappa shape index (κ1) is 9.69. The molecule has 2 aromatic rings. The number of halogens is 1. The van der Waals surface area contributed by atoms with Gasteiger partial charge in [-0.05, 0) is 13.8 Å². The van der Waals surface area contributed by atoms with Gasteiger partial charge in [-0.1, -0.05) is 41.4 Å². The maximum atomic E-state index is 5.97. The summed E-state index contributed by atoms with van der Waals surface area (Å²) in [5.74, 6) is 0. The Labute approximate surface area is 92.4 Å². The van der Waals surface area contributed by atoms with Crippen LogP contribution in [0.2, 0.25) is 4.34 Å². The quantitative estimate of drug-likeness (QED) is 0.710. The van der Waals surface area contributed by atoms with Gasteiger partial charge >= 0.3 is 0 Å². The second kappa shape index (κ2) is 3.71. The van der Waals surface area contributed by atoms with Gasteiger partial charge in [0, 0.05) is 5.56 Å². The van der Waals surface area contributed by atoms with Crippen LogP contribution in [-0.4, -0.2) is 4.98 Å². The van der Waals surface area contributed by atoms with Crippen LogP contribution in [0, 0.1) is 13.8 Å². The van der Waals surface area contributed by atoms with Crippen LogP contribution >= 0.6 is 22.9 Å². The molecule has 0 saturated carbocycles. The van der Waals surface area contributed by atoms with Crippen molar-refractivity contribution in [3.8, 4) is 10.6 Å². The fraction of sp³-hybridized carbons (Fsp3) is 0.182. The van der Waals surface area contributed by atoms with Crippen LogP contribution in [0.5, 0.6) is 0 Å². The van der Waals surface area contributed by atoms with Gasteiger partial charge < -0.3 is 0 Å². The lowest BCUT2D eigenvalue weighted by Gasteiger charge is -1.95. The molecule has 0 aliphatic carbocycles. The average molecular weight is 224 g/mol. The molecule has 0 unspecified atom stereocenters. The summed E-state index contributed by atoms with van der Waals surface area (Å²) >= 11 is 7.49. The molecule has 0 fully saturated rings. The predicted molar refractivity (Wildman–Crippen MR) is 62.0 cm³/mol. The fourth-order valence-electron chi connectivity index (χ4n) is 1.20. The number of rotatable bonds is 1. The Morgan fingerprint density at radius 2 is 1.79 bits per heavy atom. The molecule has 14 heavy (non-hydrogen) atoms. The van der Waals surface area contributed by atoms with E-state index in [1.807, 2.05) is 6.92 Å². The van der Waals surface area contributed by atoms with E-state index in [2.05, 4.69) is 36.2 Å². The van der Waals surface area contributed by atoms with Crippen LogP contribution in [0.4, 0.5) is 0 Å². The molecule has 0 atom stereocenters. The first-order valence-corrected chi connectivity index (χ1v) is 5.56. The van der Waals surface area contributed by atoms with Crippen molar-refractivity contribution in [1.82, 2.24) is 4.98 Å². The molecule has 0 aliphatic heterocycles. The number of hydrogen-bond acceptors (Lipinski definition) is 2. The third-order valence-electron chi connectivity index (χ3n) is 2.04. The van der Waals surface area contributed by atoms with E-state index in [4.69, 9.17) is 11.6 Å². The van der Waals surface area contributed by atoms with E-state index >= 15 is 0 Å². The third kappa shape index (κ3) is 1.81. The molecule has 3 heteroatoms. The van der Waals surface area contributed by atoms with Crippen molar-refractivity contribution in [3.05, 3.63) is 39.9 Å². The Bertz CT molecular complexity index is 425. The summed E-state index contributed by atoms with van der Waals surface area (Å²) in [6.45, 7) is 4.00. The van der Waals surface area contributed by atoms with Gasteiger partial charge in [0.25, 0.3) is 0 Å². The third-order valence-corrected chi connectivity index (χ3v) is 3.54. The molecule has 0 amide bonds. The molecule has 1 nitrogen and oxygen atoms in total. The van der Waals surface area contributed by atoms with Crippen LogP contribution in [0.25, 0.3) is 10.6 Å². The summed E-state index contributed by atoms with van der Waals surface area (Å²) in [5, 5.41) is 0.993. The van der Waals surface area contributed by atoms with Crippen LogP contribution in [0.1, 0.15) is 11.3 Å². The highest BCUT2D eigenvalue weighted by molar-refractivity contribution is 7.19. The van der Waals surface area contributed by atoms with E-state index < -0.39 is 0 Å². The zero-order valence-corrected chi connectivity index (χ0v) is 9.62. The minimum Gasteiger partial charge on any atom is -0.240 e. The monoisotopic (exact) mass is 223 g/mol. The lowest BCUT2D eigenvalue weighted by atomic mass is 10.2. The molecule has 0 aliphatic rings. The van der Waals surface area contributed by atoms with Crippen molar-refractivity contribution in [2.45, 2.75) is 13.8 Å². The Hall–Kier alpha value is -0.860. The highest BCUT2D eigenvalue weighted by Crippen LogP contribution is 2.31. The van der Waals surface area contributed by atoms with Crippen molar-refractivity contribution < 1.29 is 0 Å². The molecule has 2 rings (SSSR count). The standard InChI is InChI=1S/C11H10ClNS/c1-7-3-5-9(6-4-7)11-13-8(2)10(12)14-11/h3-6H,1-2H3. The molecule has 0 spiro atoms. The summed E-state index contributed by atoms with van der Waals surface area (Å²) in [5.41, 5.74) is 3.30. The lowest BCUT2D eigenvalue weighted by Crippen LogP contribution is -1.77. The second-order valence-electron chi connectivity index (χ2n) is 3.24. The Morgan fingerprint density at radius 3 is 2.29 bits per heavy atom. The van der Waals surface area contributed by atoms with E-state index in [-0.39, 0.29) is 0 Å². The molecule has 0 saturated heterocycles. The first-order chi connectivity index (χ1) is 6.66. The Kier molecular flexibility index (Phi) is 2.57. The second-order valence-corrected chi connectivity index (χ2v) is 4.85. The van der Waals surface area contributed by atoms with Gasteiger partial charge in [-0.25, -0.2) is 4.98 Å². The van der Waals surface area contributed by atoms with Crippen LogP contribution < -0.4 is 0 Å². The van der Waals surface area contributed by atoms with Gasteiger partial charge in [0.2, 0.25) is 0 Å². The summed E-state index contributed by atoms with van der Waals surface area (Å²) in [4.78, 5) is 4.40. The molecule has 0 N–H and O–H groups in total. The van der Waals surface area contributed by atoms with Gasteiger partial charge in [0.05, 0.1) is 5.69 Å². The van der Waals surface area contributed by atoms with Crippen molar-refractivity contribution in [3.63, 3.8) is 0 Å². The molecule has 0 bridgehead atoms. The number of thiazole rings is 1. The fourth-order valence-corrected chi connectivity index (χ4v) is 2.26. The molecule has 1 heterocycles. The van der Waals surface area contributed by atoms with Crippen LogP contribution in [0.3, 0.4) is 0 Å². The SMILES string of the molecule is Cc1ccc(-c2nc(C)c(Cl)s2)cc1.